The van der Waals surface area contributed by atoms with E-state index in [4.69, 9.17) is 10.5 Å². The lowest BCUT2D eigenvalue weighted by molar-refractivity contribution is 0.298. The second-order valence-electron chi connectivity index (χ2n) is 5.03. The van der Waals surface area contributed by atoms with Crippen molar-refractivity contribution in [2.24, 2.45) is 5.73 Å². The van der Waals surface area contributed by atoms with Crippen LogP contribution in [0.15, 0.2) is 36.4 Å². The van der Waals surface area contributed by atoms with Gasteiger partial charge in [-0.3, -0.25) is 4.98 Å². The van der Waals surface area contributed by atoms with Crippen molar-refractivity contribution in [2.45, 2.75) is 32.4 Å². The molecular formula is C16H18N2O. The van der Waals surface area contributed by atoms with Crippen LogP contribution in [0.3, 0.4) is 0 Å². The standard InChI is InChI=1S/C16H18N2O/c1-11-4-2-5-12(18-11)10-19-16-7-3-6-13-14(16)8-9-15(13)17/h2-7,15H,8-10,17H2,1H3. The highest BCUT2D eigenvalue weighted by atomic mass is 16.5. The molecule has 1 aliphatic rings. The molecule has 3 rings (SSSR count). The van der Waals surface area contributed by atoms with E-state index in [1.165, 1.54) is 11.1 Å². The fourth-order valence-corrected chi connectivity index (χ4v) is 2.62. The lowest BCUT2D eigenvalue weighted by Gasteiger charge is -2.11. The molecule has 1 aromatic heterocycles. The molecule has 3 nitrogen and oxygen atoms in total. The first-order valence-electron chi connectivity index (χ1n) is 6.67. The minimum Gasteiger partial charge on any atom is -0.487 e. The predicted octanol–water partition coefficient (Wildman–Crippen LogP) is 2.92. The number of fused-ring (bicyclic) bond motifs is 1. The van der Waals surface area contributed by atoms with Gasteiger partial charge in [-0.2, -0.15) is 0 Å². The van der Waals surface area contributed by atoms with Crippen LogP contribution in [0.1, 0.15) is 35.0 Å². The number of benzene rings is 1. The molecule has 2 N–H and O–H groups in total. The number of nitrogens with two attached hydrogens (primary N) is 1. The summed E-state index contributed by atoms with van der Waals surface area (Å²) in [7, 11) is 0. The van der Waals surface area contributed by atoms with Crippen LogP contribution >= 0.6 is 0 Å². The number of pyridine rings is 1. The van der Waals surface area contributed by atoms with Crippen LogP contribution in [0.5, 0.6) is 5.75 Å². The third-order valence-electron chi connectivity index (χ3n) is 3.60. The van der Waals surface area contributed by atoms with Gasteiger partial charge in [0.15, 0.2) is 0 Å². The maximum absolute atomic E-state index is 6.07. The molecule has 3 heteroatoms. The Morgan fingerprint density at radius 2 is 2.11 bits per heavy atom. The molecule has 1 aliphatic carbocycles. The summed E-state index contributed by atoms with van der Waals surface area (Å²) < 4.78 is 5.92. The van der Waals surface area contributed by atoms with Crippen LogP contribution < -0.4 is 10.5 Å². The number of aromatic nitrogens is 1. The summed E-state index contributed by atoms with van der Waals surface area (Å²) in [5, 5.41) is 0. The first kappa shape index (κ1) is 12.2. The molecule has 0 radical (unpaired) electrons. The largest absolute Gasteiger partial charge is 0.487 e. The molecule has 0 fully saturated rings. The summed E-state index contributed by atoms with van der Waals surface area (Å²) in [5.74, 6) is 0.953. The van der Waals surface area contributed by atoms with Gasteiger partial charge >= 0.3 is 0 Å². The summed E-state index contributed by atoms with van der Waals surface area (Å²) in [5.41, 5.74) is 10.5. The molecule has 0 spiro atoms. The molecule has 0 aliphatic heterocycles. The predicted molar refractivity (Wildman–Crippen MR) is 75.0 cm³/mol. The van der Waals surface area contributed by atoms with Crippen molar-refractivity contribution in [3.8, 4) is 5.75 Å². The van der Waals surface area contributed by atoms with Crippen LogP contribution in [-0.2, 0) is 13.0 Å². The Labute approximate surface area is 113 Å². The van der Waals surface area contributed by atoms with Gasteiger partial charge in [0, 0.05) is 11.7 Å². The van der Waals surface area contributed by atoms with Crippen LogP contribution in [0, 0.1) is 6.92 Å². The van der Waals surface area contributed by atoms with Gasteiger partial charge in [0.05, 0.1) is 5.69 Å². The van der Waals surface area contributed by atoms with Crippen molar-refractivity contribution in [3.05, 3.63) is 58.9 Å². The molecule has 1 unspecified atom stereocenters. The van der Waals surface area contributed by atoms with E-state index in [1.807, 2.05) is 37.3 Å². The number of rotatable bonds is 3. The lowest BCUT2D eigenvalue weighted by Crippen LogP contribution is -2.05. The summed E-state index contributed by atoms with van der Waals surface area (Å²) in [6.07, 6.45) is 2.02. The van der Waals surface area contributed by atoms with Crippen molar-refractivity contribution in [3.63, 3.8) is 0 Å². The fraction of sp³-hybridized carbons (Fsp3) is 0.312. The average molecular weight is 254 g/mol. The summed E-state index contributed by atoms with van der Waals surface area (Å²) in [6.45, 7) is 2.50. The quantitative estimate of drug-likeness (QED) is 0.916. The van der Waals surface area contributed by atoms with E-state index in [-0.39, 0.29) is 6.04 Å². The molecule has 19 heavy (non-hydrogen) atoms. The number of nitrogens with zero attached hydrogens (tertiary/aromatic N) is 1. The van der Waals surface area contributed by atoms with Crippen LogP contribution in [0.25, 0.3) is 0 Å². The first-order valence-corrected chi connectivity index (χ1v) is 6.67. The van der Waals surface area contributed by atoms with Crippen molar-refractivity contribution >= 4 is 0 Å². The van der Waals surface area contributed by atoms with Crippen molar-refractivity contribution < 1.29 is 4.74 Å². The summed E-state index contributed by atoms with van der Waals surface area (Å²) in [4.78, 5) is 4.45. The van der Waals surface area contributed by atoms with Gasteiger partial charge in [-0.25, -0.2) is 0 Å². The molecule has 1 heterocycles. The van der Waals surface area contributed by atoms with E-state index in [0.29, 0.717) is 6.61 Å². The molecular weight excluding hydrogens is 236 g/mol. The Bertz CT molecular complexity index is 595. The zero-order chi connectivity index (χ0) is 13.2. The Hall–Kier alpha value is -1.87. The topological polar surface area (TPSA) is 48.1 Å². The highest BCUT2D eigenvalue weighted by Gasteiger charge is 2.22. The van der Waals surface area contributed by atoms with E-state index in [0.717, 1.165) is 30.0 Å². The second-order valence-corrected chi connectivity index (χ2v) is 5.03. The van der Waals surface area contributed by atoms with Gasteiger partial charge in [-0.1, -0.05) is 18.2 Å². The average Bonchev–Trinajstić information content (AvgIpc) is 2.79. The molecule has 1 aromatic carbocycles. The number of ether oxygens (including phenoxy) is 1. The Kier molecular flexibility index (Phi) is 3.22. The van der Waals surface area contributed by atoms with Crippen LogP contribution in [0.2, 0.25) is 0 Å². The SMILES string of the molecule is Cc1cccc(COc2cccc3c2CCC3N)n1. The zero-order valence-corrected chi connectivity index (χ0v) is 11.1. The van der Waals surface area contributed by atoms with E-state index in [1.54, 1.807) is 0 Å². The van der Waals surface area contributed by atoms with Crippen molar-refractivity contribution in [1.82, 2.24) is 4.98 Å². The van der Waals surface area contributed by atoms with E-state index >= 15 is 0 Å². The summed E-state index contributed by atoms with van der Waals surface area (Å²) in [6, 6.07) is 12.3. The highest BCUT2D eigenvalue weighted by Crippen LogP contribution is 2.35. The maximum atomic E-state index is 6.07. The molecule has 0 saturated carbocycles. The van der Waals surface area contributed by atoms with E-state index in [9.17, 15) is 0 Å². The minimum absolute atomic E-state index is 0.163. The van der Waals surface area contributed by atoms with Crippen molar-refractivity contribution in [2.75, 3.05) is 0 Å². The molecule has 0 saturated heterocycles. The number of aryl methyl sites for hydroxylation is 1. The van der Waals surface area contributed by atoms with Gasteiger partial charge in [0.1, 0.15) is 12.4 Å². The third-order valence-corrected chi connectivity index (χ3v) is 3.60. The summed E-state index contributed by atoms with van der Waals surface area (Å²) >= 11 is 0. The Morgan fingerprint density at radius 3 is 2.95 bits per heavy atom. The number of hydrogen-bond donors (Lipinski definition) is 1. The van der Waals surface area contributed by atoms with Gasteiger partial charge in [-0.15, -0.1) is 0 Å². The third kappa shape index (κ3) is 2.47. The maximum Gasteiger partial charge on any atom is 0.130 e. The number of hydrogen-bond acceptors (Lipinski definition) is 3. The normalized spacial score (nSPS) is 17.3. The molecule has 0 bridgehead atoms. The molecule has 1 atom stereocenters. The van der Waals surface area contributed by atoms with Gasteiger partial charge < -0.3 is 10.5 Å². The van der Waals surface area contributed by atoms with Gasteiger partial charge in [0.25, 0.3) is 0 Å². The lowest BCUT2D eigenvalue weighted by atomic mass is 10.1. The fourth-order valence-electron chi connectivity index (χ4n) is 2.62. The van der Waals surface area contributed by atoms with Gasteiger partial charge in [-0.05, 0) is 49.1 Å². The van der Waals surface area contributed by atoms with Crippen molar-refractivity contribution in [1.29, 1.82) is 0 Å². The Balaban J connectivity index is 1.78. The molecule has 0 amide bonds. The van der Waals surface area contributed by atoms with Gasteiger partial charge in [0.2, 0.25) is 0 Å². The zero-order valence-electron chi connectivity index (χ0n) is 11.1. The minimum atomic E-state index is 0.163. The monoisotopic (exact) mass is 254 g/mol. The highest BCUT2D eigenvalue weighted by molar-refractivity contribution is 5.44. The van der Waals surface area contributed by atoms with E-state index in [2.05, 4.69) is 11.1 Å². The first-order chi connectivity index (χ1) is 9.24. The van der Waals surface area contributed by atoms with E-state index < -0.39 is 0 Å². The molecule has 98 valence electrons. The Morgan fingerprint density at radius 1 is 1.26 bits per heavy atom. The van der Waals surface area contributed by atoms with Crippen LogP contribution in [-0.4, -0.2) is 4.98 Å². The second kappa shape index (κ2) is 5.02. The smallest absolute Gasteiger partial charge is 0.130 e. The van der Waals surface area contributed by atoms with Crippen LogP contribution in [0.4, 0.5) is 0 Å². The molecule has 2 aromatic rings.